The molecule has 2 rings (SSSR count). The summed E-state index contributed by atoms with van der Waals surface area (Å²) in [5.41, 5.74) is 2.12. The molecule has 2 heterocycles. The molecule has 0 aliphatic carbocycles. The third-order valence-electron chi connectivity index (χ3n) is 2.28. The van der Waals surface area contributed by atoms with Crippen molar-refractivity contribution in [1.29, 1.82) is 0 Å². The lowest BCUT2D eigenvalue weighted by Crippen LogP contribution is -2.04. The van der Waals surface area contributed by atoms with Crippen LogP contribution in [0.3, 0.4) is 0 Å². The molecule has 0 saturated heterocycles. The molecule has 0 unspecified atom stereocenters. The highest BCUT2D eigenvalue weighted by molar-refractivity contribution is 5.65. The van der Waals surface area contributed by atoms with Gasteiger partial charge in [0.2, 0.25) is 0 Å². The van der Waals surface area contributed by atoms with Gasteiger partial charge in [0.05, 0.1) is 13.2 Å². The van der Waals surface area contributed by atoms with E-state index in [2.05, 4.69) is 4.98 Å². The minimum atomic E-state index is -0.248. The summed E-state index contributed by atoms with van der Waals surface area (Å²) in [7, 11) is 0. The van der Waals surface area contributed by atoms with Crippen LogP contribution in [0.15, 0.2) is 24.4 Å². The monoisotopic (exact) mass is 207 g/mol. The van der Waals surface area contributed by atoms with Gasteiger partial charge in [0.15, 0.2) is 4.92 Å². The molecular formula is C10H11N2O3+. The van der Waals surface area contributed by atoms with E-state index in [1.165, 1.54) is 6.07 Å². The largest absolute Gasteiger partial charge is 0.408 e. The van der Waals surface area contributed by atoms with Crippen LogP contribution in [0.5, 0.6) is 0 Å². The Balaban J connectivity index is 2.23. The van der Waals surface area contributed by atoms with E-state index in [9.17, 15) is 4.91 Å². The van der Waals surface area contributed by atoms with Crippen LogP contribution in [0.25, 0.3) is 5.57 Å². The molecule has 0 fully saturated rings. The Hall–Kier alpha value is -1.75. The Kier molecular flexibility index (Phi) is 2.73. The Labute approximate surface area is 86.5 Å². The van der Waals surface area contributed by atoms with Crippen LogP contribution in [0.1, 0.15) is 12.0 Å². The van der Waals surface area contributed by atoms with Crippen LogP contribution in [0, 0.1) is 4.91 Å². The molecule has 1 aliphatic heterocycles. The Morgan fingerprint density at radius 3 is 2.87 bits per heavy atom. The van der Waals surface area contributed by atoms with Gasteiger partial charge < -0.3 is 9.94 Å². The first-order valence-corrected chi connectivity index (χ1v) is 4.67. The molecule has 0 bridgehead atoms. The summed E-state index contributed by atoms with van der Waals surface area (Å²) in [4.78, 5) is 14.1. The van der Waals surface area contributed by atoms with Crippen molar-refractivity contribution in [1.82, 2.24) is 4.98 Å². The van der Waals surface area contributed by atoms with E-state index in [1.54, 1.807) is 12.3 Å². The number of rotatable bonds is 2. The van der Waals surface area contributed by atoms with Gasteiger partial charge in [-0.15, -0.1) is 0 Å². The predicted molar refractivity (Wildman–Crippen MR) is 52.7 cm³/mol. The fraction of sp³-hybridized carbons (Fsp3) is 0.300. The summed E-state index contributed by atoms with van der Waals surface area (Å²) in [5.74, 6) is -0.00795. The molecule has 0 atom stereocenters. The summed E-state index contributed by atoms with van der Waals surface area (Å²) >= 11 is 0. The maximum atomic E-state index is 10.5. The van der Waals surface area contributed by atoms with Crippen LogP contribution in [-0.2, 0) is 4.74 Å². The third-order valence-corrected chi connectivity index (χ3v) is 2.28. The molecule has 0 saturated carbocycles. The Bertz CT molecular complexity index is 398. The highest BCUT2D eigenvalue weighted by Crippen LogP contribution is 2.21. The molecule has 5 heteroatoms. The molecule has 1 aromatic heterocycles. The van der Waals surface area contributed by atoms with E-state index in [4.69, 9.17) is 9.94 Å². The van der Waals surface area contributed by atoms with Crippen LogP contribution in [-0.4, -0.2) is 28.3 Å². The molecule has 15 heavy (non-hydrogen) atoms. The molecule has 0 spiro atoms. The van der Waals surface area contributed by atoms with E-state index >= 15 is 0 Å². The maximum Gasteiger partial charge on any atom is 0.408 e. The fourth-order valence-corrected chi connectivity index (χ4v) is 1.48. The van der Waals surface area contributed by atoms with E-state index in [0.29, 0.717) is 13.2 Å². The van der Waals surface area contributed by atoms with Gasteiger partial charge in [-0.2, -0.15) is 0 Å². The van der Waals surface area contributed by atoms with Gasteiger partial charge in [-0.05, 0) is 28.0 Å². The van der Waals surface area contributed by atoms with Gasteiger partial charge in [-0.25, -0.2) is 0 Å². The van der Waals surface area contributed by atoms with Crippen molar-refractivity contribution in [3.63, 3.8) is 0 Å². The zero-order valence-corrected chi connectivity index (χ0v) is 8.09. The van der Waals surface area contributed by atoms with Gasteiger partial charge >= 0.3 is 5.82 Å². The average molecular weight is 207 g/mol. The van der Waals surface area contributed by atoms with Crippen LogP contribution >= 0.6 is 0 Å². The first-order valence-electron chi connectivity index (χ1n) is 4.67. The maximum absolute atomic E-state index is 10.5. The smallest absolute Gasteiger partial charge is 0.377 e. The molecule has 0 radical (unpaired) electrons. The van der Waals surface area contributed by atoms with Crippen LogP contribution < -0.4 is 0 Å². The fourth-order valence-electron chi connectivity index (χ4n) is 1.48. The van der Waals surface area contributed by atoms with E-state index in [1.807, 2.05) is 6.08 Å². The number of hydrogen-bond acceptors (Lipinski definition) is 3. The Morgan fingerprint density at radius 2 is 2.33 bits per heavy atom. The van der Waals surface area contributed by atoms with Gasteiger partial charge in [0, 0.05) is 11.6 Å². The van der Waals surface area contributed by atoms with Crippen molar-refractivity contribution in [2.75, 3.05) is 13.2 Å². The zero-order valence-electron chi connectivity index (χ0n) is 8.09. The second-order valence-corrected chi connectivity index (χ2v) is 3.23. The molecule has 0 amide bonds. The lowest BCUT2D eigenvalue weighted by molar-refractivity contribution is -0.732. The quantitative estimate of drug-likeness (QED) is 0.749. The highest BCUT2D eigenvalue weighted by Gasteiger charge is 2.13. The summed E-state index contributed by atoms with van der Waals surface area (Å²) in [5, 5.41) is 8.61. The van der Waals surface area contributed by atoms with Gasteiger partial charge in [-0.3, -0.25) is 0 Å². The van der Waals surface area contributed by atoms with Gasteiger partial charge in [-0.1, -0.05) is 6.08 Å². The second-order valence-electron chi connectivity index (χ2n) is 3.23. The average Bonchev–Trinajstić information content (AvgIpc) is 2.30. The number of aromatic nitrogens is 1. The lowest BCUT2D eigenvalue weighted by atomic mass is 10.0. The standard InChI is InChI=1S/C10H11N2O3/c13-12(14)10-2-1-9(7-11-10)8-3-5-15-6-4-8/h1-3,7H,4-6H2,(H,13,14)/q+1. The zero-order chi connectivity index (χ0) is 10.7. The van der Waals surface area contributed by atoms with Gasteiger partial charge in [0.25, 0.3) is 0 Å². The van der Waals surface area contributed by atoms with Crippen LogP contribution in [0.2, 0.25) is 0 Å². The van der Waals surface area contributed by atoms with Crippen molar-refractivity contribution >= 4 is 11.4 Å². The van der Waals surface area contributed by atoms with Crippen molar-refractivity contribution in [2.24, 2.45) is 0 Å². The molecule has 5 nitrogen and oxygen atoms in total. The minimum Gasteiger partial charge on any atom is -0.377 e. The highest BCUT2D eigenvalue weighted by atomic mass is 16.6. The molecule has 78 valence electrons. The third kappa shape index (κ3) is 2.19. The van der Waals surface area contributed by atoms with Crippen LogP contribution in [0.4, 0.5) is 5.82 Å². The van der Waals surface area contributed by atoms with E-state index in [-0.39, 0.29) is 10.7 Å². The van der Waals surface area contributed by atoms with Crippen molar-refractivity contribution in [3.05, 3.63) is 34.9 Å². The molecule has 1 N–H and O–H groups in total. The SMILES string of the molecule is O=[N+](O)c1ccc(C2=CCOCC2)cn1. The first kappa shape index (κ1) is 9.79. The summed E-state index contributed by atoms with van der Waals surface area (Å²) in [6.07, 6.45) is 4.42. The molecule has 1 aliphatic rings. The molecule has 1 aromatic rings. The summed E-state index contributed by atoms with van der Waals surface area (Å²) in [6.45, 7) is 1.33. The number of ether oxygens (including phenoxy) is 1. The van der Waals surface area contributed by atoms with E-state index < -0.39 is 0 Å². The first-order chi connectivity index (χ1) is 7.27. The molecular weight excluding hydrogens is 196 g/mol. The molecule has 0 aromatic carbocycles. The second kappa shape index (κ2) is 4.18. The normalized spacial score (nSPS) is 15.9. The van der Waals surface area contributed by atoms with Gasteiger partial charge in [0.1, 0.15) is 6.20 Å². The van der Waals surface area contributed by atoms with Crippen molar-refractivity contribution in [2.45, 2.75) is 6.42 Å². The van der Waals surface area contributed by atoms with Crippen molar-refractivity contribution < 1.29 is 14.9 Å². The number of pyridine rings is 1. The minimum absolute atomic E-state index is 0.00795. The van der Waals surface area contributed by atoms with E-state index in [0.717, 1.165) is 17.6 Å². The summed E-state index contributed by atoms with van der Waals surface area (Å²) in [6, 6.07) is 3.25. The Morgan fingerprint density at radius 1 is 1.47 bits per heavy atom. The topological polar surface area (TPSA) is 62.4 Å². The summed E-state index contributed by atoms with van der Waals surface area (Å²) < 4.78 is 5.19. The number of nitrogens with zero attached hydrogens (tertiary/aromatic N) is 2. The van der Waals surface area contributed by atoms with Crippen molar-refractivity contribution in [3.8, 4) is 0 Å². The number of hydrogen-bond donors (Lipinski definition) is 1. The predicted octanol–water partition coefficient (Wildman–Crippen LogP) is 1.68. The lowest BCUT2D eigenvalue weighted by Gasteiger charge is -2.11.